The van der Waals surface area contributed by atoms with Crippen LogP contribution in [-0.2, 0) is 21.4 Å². The summed E-state index contributed by atoms with van der Waals surface area (Å²) in [5, 5.41) is 24.1. The van der Waals surface area contributed by atoms with E-state index in [1.165, 1.54) is 12.1 Å². The first-order valence-corrected chi connectivity index (χ1v) is 15.6. The van der Waals surface area contributed by atoms with Gasteiger partial charge in [-0.1, -0.05) is 26.0 Å². The SMILES string of the molecule is C[C@@H]1CN(CC(=O)N2CC(C)(C)c3nc(C(O)CO)c(Cc4ccc(F)cc4)cc32)[C@@H]([C@H](C)N2[C@H](C)COC[C@H]2C)CN1. The molecule has 0 aliphatic carbocycles. The predicted octanol–water partition coefficient (Wildman–Crippen LogP) is 2.62. The third kappa shape index (κ3) is 6.65. The molecule has 2 saturated heterocycles. The number of carbonyl (C=O) groups excluding carboxylic acids is 1. The van der Waals surface area contributed by atoms with E-state index in [1.807, 2.05) is 11.0 Å². The normalized spacial score (nSPS) is 27.6. The summed E-state index contributed by atoms with van der Waals surface area (Å²) >= 11 is 0. The second-order valence-electron chi connectivity index (χ2n) is 13.5. The zero-order valence-corrected chi connectivity index (χ0v) is 26.4. The Morgan fingerprint density at radius 2 is 1.86 bits per heavy atom. The van der Waals surface area contributed by atoms with Crippen LogP contribution in [0.1, 0.15) is 70.2 Å². The van der Waals surface area contributed by atoms with E-state index in [-0.39, 0.29) is 36.4 Å². The zero-order chi connectivity index (χ0) is 31.1. The van der Waals surface area contributed by atoms with Crippen LogP contribution in [0.25, 0.3) is 0 Å². The van der Waals surface area contributed by atoms with E-state index in [0.717, 1.165) is 30.0 Å². The number of fused-ring (bicyclic) bond motifs is 1. The minimum atomic E-state index is -1.16. The number of piperazine rings is 1. The lowest BCUT2D eigenvalue weighted by Crippen LogP contribution is -2.66. The number of pyridine rings is 1. The largest absolute Gasteiger partial charge is 0.393 e. The molecule has 2 fully saturated rings. The minimum absolute atomic E-state index is 0.0196. The van der Waals surface area contributed by atoms with Crippen molar-refractivity contribution in [1.29, 1.82) is 0 Å². The van der Waals surface area contributed by atoms with E-state index in [2.05, 4.69) is 56.7 Å². The molecule has 1 amide bonds. The van der Waals surface area contributed by atoms with Crippen molar-refractivity contribution in [3.8, 4) is 0 Å². The summed E-state index contributed by atoms with van der Waals surface area (Å²) in [4.78, 5) is 25.8. The standard InChI is InChI=1S/C33H48FN5O4/c1-20-14-37(28(13-35-20)23(4)39-21(2)17-43-18-22(39)3)15-30(42)38-19-33(5,6)32-27(38)12-25(31(36-32)29(41)16-40)11-24-7-9-26(34)10-8-24/h7-10,12,20-23,28-29,35,40-41H,11,13-19H2,1-6H3/t20-,21-,22-,23+,28-,29?/m1/s1. The average molecular weight is 598 g/mol. The number of hydrogen-bond donors (Lipinski definition) is 3. The Hall–Kier alpha value is -2.47. The number of halogens is 1. The first-order chi connectivity index (χ1) is 20.4. The average Bonchev–Trinajstić information content (AvgIpc) is 3.23. The van der Waals surface area contributed by atoms with E-state index in [4.69, 9.17) is 9.72 Å². The van der Waals surface area contributed by atoms with Gasteiger partial charge < -0.3 is 25.2 Å². The molecule has 0 spiro atoms. The molecule has 9 nitrogen and oxygen atoms in total. The summed E-state index contributed by atoms with van der Waals surface area (Å²) in [6.45, 7) is 16.3. The van der Waals surface area contributed by atoms with E-state index in [0.29, 0.717) is 49.5 Å². The van der Waals surface area contributed by atoms with Crippen LogP contribution in [-0.4, -0.2) is 107 Å². The molecule has 4 heterocycles. The summed E-state index contributed by atoms with van der Waals surface area (Å²) in [5.41, 5.74) is 2.99. The Labute approximate surface area is 255 Å². The maximum Gasteiger partial charge on any atom is 0.241 e. The molecule has 1 unspecified atom stereocenters. The monoisotopic (exact) mass is 597 g/mol. The molecule has 10 heteroatoms. The van der Waals surface area contributed by atoms with Gasteiger partial charge in [-0.2, -0.15) is 0 Å². The highest BCUT2D eigenvalue weighted by molar-refractivity contribution is 5.97. The third-order valence-electron chi connectivity index (χ3n) is 9.45. The number of benzene rings is 1. The number of morpholine rings is 1. The highest BCUT2D eigenvalue weighted by Crippen LogP contribution is 2.41. The van der Waals surface area contributed by atoms with Crippen LogP contribution in [0.5, 0.6) is 0 Å². The maximum atomic E-state index is 14.2. The van der Waals surface area contributed by atoms with Gasteiger partial charge in [0.15, 0.2) is 0 Å². The van der Waals surface area contributed by atoms with Crippen molar-refractivity contribution in [3.05, 3.63) is 58.7 Å². The molecule has 6 atom stereocenters. The summed E-state index contributed by atoms with van der Waals surface area (Å²) < 4.78 is 19.4. The number of ether oxygens (including phenoxy) is 1. The summed E-state index contributed by atoms with van der Waals surface area (Å²) in [5.74, 6) is -0.302. The lowest BCUT2D eigenvalue weighted by molar-refractivity contribution is -0.122. The Balaban J connectivity index is 1.43. The molecule has 3 aliphatic heterocycles. The van der Waals surface area contributed by atoms with Crippen molar-refractivity contribution in [1.82, 2.24) is 20.1 Å². The molecule has 0 radical (unpaired) electrons. The molecule has 3 N–H and O–H groups in total. The number of hydrogen-bond acceptors (Lipinski definition) is 8. The molecule has 236 valence electrons. The van der Waals surface area contributed by atoms with Gasteiger partial charge in [-0.25, -0.2) is 4.39 Å². The van der Waals surface area contributed by atoms with Crippen molar-refractivity contribution in [2.75, 3.05) is 50.9 Å². The number of aliphatic hydroxyl groups excluding tert-OH is 2. The van der Waals surface area contributed by atoms with Crippen LogP contribution in [0.15, 0.2) is 30.3 Å². The molecular weight excluding hydrogens is 549 g/mol. The number of rotatable bonds is 8. The molecule has 3 aliphatic rings. The molecule has 0 saturated carbocycles. The fraction of sp³-hybridized carbons (Fsp3) is 0.636. The molecule has 2 aromatic rings. The van der Waals surface area contributed by atoms with Gasteiger partial charge in [-0.05, 0) is 63.4 Å². The summed E-state index contributed by atoms with van der Waals surface area (Å²) in [6, 6.07) is 9.41. The summed E-state index contributed by atoms with van der Waals surface area (Å²) in [6.07, 6.45) is -0.768. The van der Waals surface area contributed by atoms with E-state index in [1.54, 1.807) is 12.1 Å². The van der Waals surface area contributed by atoms with Gasteiger partial charge in [0.2, 0.25) is 5.91 Å². The fourth-order valence-corrected chi connectivity index (χ4v) is 7.31. The molecule has 5 rings (SSSR count). The summed E-state index contributed by atoms with van der Waals surface area (Å²) in [7, 11) is 0. The van der Waals surface area contributed by atoms with Gasteiger partial charge >= 0.3 is 0 Å². The molecule has 1 aromatic carbocycles. The van der Waals surface area contributed by atoms with Crippen molar-refractivity contribution < 1.29 is 24.1 Å². The number of nitrogens with zero attached hydrogens (tertiary/aromatic N) is 4. The van der Waals surface area contributed by atoms with Gasteiger partial charge in [0.05, 0.1) is 43.4 Å². The Morgan fingerprint density at radius 1 is 1.19 bits per heavy atom. The number of aromatic nitrogens is 1. The van der Waals surface area contributed by atoms with Gasteiger partial charge in [0.1, 0.15) is 11.9 Å². The van der Waals surface area contributed by atoms with Crippen molar-refractivity contribution in [3.63, 3.8) is 0 Å². The second-order valence-corrected chi connectivity index (χ2v) is 13.5. The van der Waals surface area contributed by atoms with Gasteiger partial charge in [0, 0.05) is 55.3 Å². The minimum Gasteiger partial charge on any atom is -0.393 e. The number of amides is 1. The fourth-order valence-electron chi connectivity index (χ4n) is 7.31. The Morgan fingerprint density at radius 3 is 2.51 bits per heavy atom. The smallest absolute Gasteiger partial charge is 0.241 e. The van der Waals surface area contributed by atoms with Gasteiger partial charge in [-0.3, -0.25) is 19.6 Å². The topological polar surface area (TPSA) is 101 Å². The predicted molar refractivity (Wildman–Crippen MR) is 165 cm³/mol. The zero-order valence-electron chi connectivity index (χ0n) is 26.4. The second kappa shape index (κ2) is 12.9. The lowest BCUT2D eigenvalue weighted by Gasteiger charge is -2.50. The Bertz CT molecular complexity index is 1280. The van der Waals surface area contributed by atoms with Crippen LogP contribution in [0, 0.1) is 5.82 Å². The first-order valence-electron chi connectivity index (χ1n) is 15.6. The van der Waals surface area contributed by atoms with Crippen LogP contribution >= 0.6 is 0 Å². The molecular formula is C33H48FN5O4. The maximum absolute atomic E-state index is 14.2. The molecule has 0 bridgehead atoms. The molecule has 43 heavy (non-hydrogen) atoms. The lowest BCUT2D eigenvalue weighted by atomic mass is 9.90. The number of nitrogens with one attached hydrogen (secondary N) is 1. The number of anilines is 1. The number of carbonyl (C=O) groups is 1. The van der Waals surface area contributed by atoms with Crippen molar-refractivity contribution in [2.45, 2.75) is 89.7 Å². The van der Waals surface area contributed by atoms with Crippen LogP contribution < -0.4 is 10.2 Å². The van der Waals surface area contributed by atoms with E-state index >= 15 is 0 Å². The number of aliphatic hydroxyl groups is 2. The van der Waals surface area contributed by atoms with E-state index < -0.39 is 18.1 Å². The van der Waals surface area contributed by atoms with E-state index in [9.17, 15) is 19.4 Å². The van der Waals surface area contributed by atoms with Crippen LogP contribution in [0.4, 0.5) is 10.1 Å². The van der Waals surface area contributed by atoms with Crippen LogP contribution in [0.3, 0.4) is 0 Å². The van der Waals surface area contributed by atoms with Crippen LogP contribution in [0.2, 0.25) is 0 Å². The highest BCUT2D eigenvalue weighted by Gasteiger charge is 2.43. The first kappa shape index (κ1) is 31.9. The van der Waals surface area contributed by atoms with Crippen molar-refractivity contribution >= 4 is 11.6 Å². The molecule has 1 aromatic heterocycles. The Kier molecular flexibility index (Phi) is 9.56. The van der Waals surface area contributed by atoms with Gasteiger partial charge in [-0.15, -0.1) is 0 Å². The highest BCUT2D eigenvalue weighted by atomic mass is 19.1. The third-order valence-corrected chi connectivity index (χ3v) is 9.45. The quantitative estimate of drug-likeness (QED) is 0.427. The van der Waals surface area contributed by atoms with Crippen molar-refractivity contribution in [2.24, 2.45) is 0 Å². The van der Waals surface area contributed by atoms with Gasteiger partial charge in [0.25, 0.3) is 0 Å².